The number of rotatable bonds is 7. The predicted molar refractivity (Wildman–Crippen MR) is 94.6 cm³/mol. The van der Waals surface area contributed by atoms with E-state index in [0.29, 0.717) is 18.0 Å². The zero-order valence-corrected chi connectivity index (χ0v) is 14.4. The van der Waals surface area contributed by atoms with Gasteiger partial charge in [-0.15, -0.1) is 11.8 Å². The molecule has 1 N–H and O–H groups in total. The van der Waals surface area contributed by atoms with Gasteiger partial charge in [-0.25, -0.2) is 0 Å². The molecule has 122 valence electrons. The maximum atomic E-state index is 12.4. The Morgan fingerprint density at radius 2 is 1.87 bits per heavy atom. The number of methoxy groups -OCH3 is 1. The molecule has 0 saturated heterocycles. The van der Waals surface area contributed by atoms with Crippen molar-refractivity contribution in [2.45, 2.75) is 24.0 Å². The number of anilines is 1. The van der Waals surface area contributed by atoms with Gasteiger partial charge in [0.05, 0.1) is 24.7 Å². The van der Waals surface area contributed by atoms with Crippen LogP contribution in [0.3, 0.4) is 0 Å². The second-order valence-electron chi connectivity index (χ2n) is 4.85. The van der Waals surface area contributed by atoms with Crippen LogP contribution in [-0.2, 0) is 4.79 Å². The number of hydrogen-bond donors (Lipinski definition) is 1. The van der Waals surface area contributed by atoms with Crippen molar-refractivity contribution in [3.8, 4) is 11.5 Å². The number of nitrogens with one attached hydrogen (secondary N) is 1. The fourth-order valence-corrected chi connectivity index (χ4v) is 2.87. The molecule has 0 aliphatic heterocycles. The number of thioether (sulfide) groups is 1. The van der Waals surface area contributed by atoms with Gasteiger partial charge in [-0.3, -0.25) is 4.79 Å². The highest BCUT2D eigenvalue weighted by Crippen LogP contribution is 2.28. The lowest BCUT2D eigenvalue weighted by atomic mass is 10.3. The third-order valence-corrected chi connectivity index (χ3v) is 4.30. The zero-order valence-electron chi connectivity index (χ0n) is 13.5. The number of ether oxygens (including phenoxy) is 2. The van der Waals surface area contributed by atoms with Gasteiger partial charge in [-0.1, -0.05) is 12.1 Å². The van der Waals surface area contributed by atoms with Gasteiger partial charge in [-0.2, -0.15) is 0 Å². The average Bonchev–Trinajstić information content (AvgIpc) is 2.57. The molecule has 5 heteroatoms. The molecule has 0 saturated carbocycles. The first-order valence-electron chi connectivity index (χ1n) is 7.47. The molecular weight excluding hydrogens is 310 g/mol. The van der Waals surface area contributed by atoms with Crippen molar-refractivity contribution >= 4 is 23.4 Å². The molecule has 0 aliphatic rings. The summed E-state index contributed by atoms with van der Waals surface area (Å²) in [6, 6.07) is 15.1. The molecular formula is C18H21NO3S. The lowest BCUT2D eigenvalue weighted by Crippen LogP contribution is -2.22. The first-order valence-corrected chi connectivity index (χ1v) is 8.35. The Morgan fingerprint density at radius 1 is 1.17 bits per heavy atom. The molecule has 0 aliphatic carbocycles. The Bertz CT molecular complexity index is 643. The van der Waals surface area contributed by atoms with E-state index in [2.05, 4.69) is 5.32 Å². The summed E-state index contributed by atoms with van der Waals surface area (Å²) in [5.74, 6) is 1.43. The summed E-state index contributed by atoms with van der Waals surface area (Å²) in [6.45, 7) is 4.36. The van der Waals surface area contributed by atoms with Gasteiger partial charge in [0.2, 0.25) is 5.91 Å². The van der Waals surface area contributed by atoms with Crippen molar-refractivity contribution in [3.63, 3.8) is 0 Å². The smallest absolute Gasteiger partial charge is 0.237 e. The van der Waals surface area contributed by atoms with Crippen molar-refractivity contribution in [2.24, 2.45) is 0 Å². The summed E-state index contributed by atoms with van der Waals surface area (Å²) in [5, 5.41) is 2.70. The summed E-state index contributed by atoms with van der Waals surface area (Å²) in [4.78, 5) is 13.4. The molecule has 0 bridgehead atoms. The Morgan fingerprint density at radius 3 is 2.52 bits per heavy atom. The Balaban J connectivity index is 1.99. The molecule has 2 aromatic carbocycles. The molecule has 0 radical (unpaired) electrons. The lowest BCUT2D eigenvalue weighted by Gasteiger charge is -2.15. The van der Waals surface area contributed by atoms with Crippen molar-refractivity contribution in [3.05, 3.63) is 48.5 Å². The third-order valence-electron chi connectivity index (χ3n) is 3.19. The van der Waals surface area contributed by atoms with Crippen molar-refractivity contribution in [1.82, 2.24) is 0 Å². The van der Waals surface area contributed by atoms with Crippen LogP contribution < -0.4 is 14.8 Å². The maximum Gasteiger partial charge on any atom is 0.237 e. The van der Waals surface area contributed by atoms with E-state index in [4.69, 9.17) is 9.47 Å². The van der Waals surface area contributed by atoms with E-state index < -0.39 is 0 Å². The van der Waals surface area contributed by atoms with E-state index in [9.17, 15) is 4.79 Å². The van der Waals surface area contributed by atoms with Crippen molar-refractivity contribution in [2.75, 3.05) is 19.0 Å². The van der Waals surface area contributed by atoms with Crippen LogP contribution in [-0.4, -0.2) is 24.9 Å². The molecule has 2 aromatic rings. The van der Waals surface area contributed by atoms with E-state index >= 15 is 0 Å². The van der Waals surface area contributed by atoms with Gasteiger partial charge in [0, 0.05) is 4.90 Å². The molecule has 1 atom stereocenters. The summed E-state index contributed by atoms with van der Waals surface area (Å²) in [7, 11) is 1.63. The van der Waals surface area contributed by atoms with E-state index in [0.717, 1.165) is 10.6 Å². The van der Waals surface area contributed by atoms with Crippen LogP contribution in [0.4, 0.5) is 5.69 Å². The number of carbonyl (C=O) groups is 1. The number of hydrogen-bond acceptors (Lipinski definition) is 4. The number of para-hydroxylation sites is 2. The zero-order chi connectivity index (χ0) is 16.7. The van der Waals surface area contributed by atoms with Gasteiger partial charge in [0.15, 0.2) is 0 Å². The van der Waals surface area contributed by atoms with E-state index in [1.54, 1.807) is 7.11 Å². The van der Waals surface area contributed by atoms with Crippen molar-refractivity contribution in [1.29, 1.82) is 0 Å². The van der Waals surface area contributed by atoms with Gasteiger partial charge >= 0.3 is 0 Å². The van der Waals surface area contributed by atoms with Crippen LogP contribution in [0, 0.1) is 0 Å². The topological polar surface area (TPSA) is 47.6 Å². The van der Waals surface area contributed by atoms with Crippen LogP contribution in [0.1, 0.15) is 13.8 Å². The van der Waals surface area contributed by atoms with Crippen LogP contribution in [0.15, 0.2) is 53.4 Å². The molecule has 0 spiro atoms. The first kappa shape index (κ1) is 17.2. The fourth-order valence-electron chi connectivity index (χ4n) is 2.00. The SMILES string of the molecule is CCOc1ccccc1NC(=O)[C@H](C)Sc1ccc(OC)cc1. The van der Waals surface area contributed by atoms with Gasteiger partial charge in [0.1, 0.15) is 11.5 Å². The van der Waals surface area contributed by atoms with E-state index in [-0.39, 0.29) is 11.2 Å². The second kappa shape index (κ2) is 8.48. The standard InChI is InChI=1S/C18H21NO3S/c1-4-22-17-8-6-5-7-16(17)19-18(20)13(2)23-15-11-9-14(21-3)10-12-15/h5-13H,4H2,1-3H3,(H,19,20)/t13-/m0/s1. The molecule has 0 unspecified atom stereocenters. The average molecular weight is 331 g/mol. The highest BCUT2D eigenvalue weighted by atomic mass is 32.2. The molecule has 0 fully saturated rings. The molecule has 2 rings (SSSR count). The maximum absolute atomic E-state index is 12.4. The Kier molecular flexibility index (Phi) is 6.35. The van der Waals surface area contributed by atoms with Crippen LogP contribution in [0.25, 0.3) is 0 Å². The minimum atomic E-state index is -0.224. The van der Waals surface area contributed by atoms with Crippen LogP contribution in [0.5, 0.6) is 11.5 Å². The Labute approximate surface area is 141 Å². The van der Waals surface area contributed by atoms with Crippen LogP contribution in [0.2, 0.25) is 0 Å². The number of carbonyl (C=O) groups excluding carboxylic acids is 1. The number of benzene rings is 2. The summed E-state index contributed by atoms with van der Waals surface area (Å²) < 4.78 is 10.7. The minimum absolute atomic E-state index is 0.0574. The molecule has 0 aromatic heterocycles. The predicted octanol–water partition coefficient (Wildman–Crippen LogP) is 4.21. The number of amides is 1. The Hall–Kier alpha value is -2.14. The van der Waals surface area contributed by atoms with Crippen LogP contribution >= 0.6 is 11.8 Å². The molecule has 0 heterocycles. The normalized spacial score (nSPS) is 11.6. The highest BCUT2D eigenvalue weighted by Gasteiger charge is 2.16. The quantitative estimate of drug-likeness (QED) is 0.772. The van der Waals surface area contributed by atoms with E-state index in [1.165, 1.54) is 11.8 Å². The fraction of sp³-hybridized carbons (Fsp3) is 0.278. The van der Waals surface area contributed by atoms with Crippen molar-refractivity contribution < 1.29 is 14.3 Å². The van der Waals surface area contributed by atoms with Gasteiger partial charge in [0.25, 0.3) is 0 Å². The molecule has 1 amide bonds. The molecule has 23 heavy (non-hydrogen) atoms. The lowest BCUT2D eigenvalue weighted by molar-refractivity contribution is -0.115. The second-order valence-corrected chi connectivity index (χ2v) is 6.27. The highest BCUT2D eigenvalue weighted by molar-refractivity contribution is 8.00. The van der Waals surface area contributed by atoms with E-state index in [1.807, 2.05) is 62.4 Å². The monoisotopic (exact) mass is 331 g/mol. The first-order chi connectivity index (χ1) is 11.1. The van der Waals surface area contributed by atoms with Gasteiger partial charge < -0.3 is 14.8 Å². The third kappa shape index (κ3) is 4.93. The summed E-state index contributed by atoms with van der Waals surface area (Å²) >= 11 is 1.50. The molecule has 4 nitrogen and oxygen atoms in total. The minimum Gasteiger partial charge on any atom is -0.497 e. The summed E-state index contributed by atoms with van der Waals surface area (Å²) in [6.07, 6.45) is 0. The summed E-state index contributed by atoms with van der Waals surface area (Å²) in [5.41, 5.74) is 0.696. The largest absolute Gasteiger partial charge is 0.497 e. The van der Waals surface area contributed by atoms with Gasteiger partial charge in [-0.05, 0) is 50.2 Å².